The molecule has 0 aliphatic heterocycles. The molecular weight excluding hydrogens is 282 g/mol. The Morgan fingerprint density at radius 2 is 1.86 bits per heavy atom. The van der Waals surface area contributed by atoms with Gasteiger partial charge in [-0.25, -0.2) is 4.98 Å². The van der Waals surface area contributed by atoms with Crippen molar-refractivity contribution in [1.29, 1.82) is 0 Å². The number of aliphatic hydroxyl groups excluding tert-OH is 1. The van der Waals surface area contributed by atoms with Gasteiger partial charge >= 0.3 is 0 Å². The van der Waals surface area contributed by atoms with Crippen LogP contribution in [0.3, 0.4) is 0 Å². The van der Waals surface area contributed by atoms with Crippen LogP contribution in [0.4, 0.5) is 0 Å². The Kier molecular flexibility index (Phi) is 5.01. The summed E-state index contributed by atoms with van der Waals surface area (Å²) in [4.78, 5) is 5.57. The zero-order valence-electron chi connectivity index (χ0n) is 13.1. The average molecular weight is 305 g/mol. The number of benzene rings is 1. The van der Waals surface area contributed by atoms with Gasteiger partial charge in [0.2, 0.25) is 0 Å². The summed E-state index contributed by atoms with van der Waals surface area (Å²) in [7, 11) is 0. The third-order valence-corrected chi connectivity index (χ3v) is 4.30. The number of thiazole rings is 1. The largest absolute Gasteiger partial charge is 0.486 e. The van der Waals surface area contributed by atoms with Crippen LogP contribution in [0, 0.1) is 0 Å². The molecule has 4 heteroatoms. The highest BCUT2D eigenvalue weighted by Crippen LogP contribution is 2.30. The summed E-state index contributed by atoms with van der Waals surface area (Å²) < 4.78 is 5.78. The van der Waals surface area contributed by atoms with Crippen molar-refractivity contribution in [2.24, 2.45) is 0 Å². The van der Waals surface area contributed by atoms with Gasteiger partial charge in [0.25, 0.3) is 0 Å². The minimum absolute atomic E-state index is 0.0372. The minimum atomic E-state index is -0.0599. The van der Waals surface area contributed by atoms with Crippen LogP contribution < -0.4 is 4.74 Å². The van der Waals surface area contributed by atoms with Gasteiger partial charge in [-0.05, 0) is 24.1 Å². The third-order valence-electron chi connectivity index (χ3n) is 3.29. The number of hydrogen-bond donors (Lipinski definition) is 1. The molecule has 0 aliphatic rings. The lowest BCUT2D eigenvalue weighted by Gasteiger charge is -2.16. The second kappa shape index (κ2) is 6.58. The molecule has 1 aromatic heterocycles. The van der Waals surface area contributed by atoms with E-state index in [-0.39, 0.29) is 12.0 Å². The van der Waals surface area contributed by atoms with Crippen molar-refractivity contribution in [3.63, 3.8) is 0 Å². The van der Waals surface area contributed by atoms with Crippen molar-refractivity contribution in [2.75, 3.05) is 0 Å². The molecule has 0 atom stereocenters. The van der Waals surface area contributed by atoms with Crippen LogP contribution >= 0.6 is 11.3 Å². The fourth-order valence-electron chi connectivity index (χ4n) is 2.12. The third kappa shape index (κ3) is 4.05. The fraction of sp³-hybridized carbons (Fsp3) is 0.471. The first-order valence-electron chi connectivity index (χ1n) is 7.25. The topological polar surface area (TPSA) is 42.4 Å². The lowest BCUT2D eigenvalue weighted by Crippen LogP contribution is -2.14. The number of rotatable bonds is 5. The SMILES string of the molecule is CCc1ccc(OCc2nc(C(C)(C)C)c(CO)s2)cc1. The fourth-order valence-corrected chi connectivity index (χ4v) is 3.17. The van der Waals surface area contributed by atoms with E-state index in [1.54, 1.807) is 0 Å². The molecule has 0 aliphatic carbocycles. The van der Waals surface area contributed by atoms with E-state index in [0.29, 0.717) is 6.61 Å². The number of aliphatic hydroxyl groups is 1. The van der Waals surface area contributed by atoms with Gasteiger partial charge in [-0.15, -0.1) is 11.3 Å². The van der Waals surface area contributed by atoms with E-state index in [0.717, 1.165) is 27.7 Å². The van der Waals surface area contributed by atoms with E-state index in [2.05, 4.69) is 44.8 Å². The molecule has 0 bridgehead atoms. The molecule has 0 unspecified atom stereocenters. The van der Waals surface area contributed by atoms with Crippen LogP contribution in [0.25, 0.3) is 0 Å². The summed E-state index contributed by atoms with van der Waals surface area (Å²) >= 11 is 1.53. The predicted octanol–water partition coefficient (Wildman–Crippen LogP) is 4.07. The summed E-state index contributed by atoms with van der Waals surface area (Å²) in [5.41, 5.74) is 2.21. The maximum atomic E-state index is 9.47. The Balaban J connectivity index is 2.07. The smallest absolute Gasteiger partial charge is 0.140 e. The first kappa shape index (κ1) is 16.0. The first-order chi connectivity index (χ1) is 9.94. The van der Waals surface area contributed by atoms with Gasteiger partial charge in [0.05, 0.1) is 17.2 Å². The summed E-state index contributed by atoms with van der Waals surface area (Å²) in [6, 6.07) is 8.14. The summed E-state index contributed by atoms with van der Waals surface area (Å²) in [6.45, 7) is 8.94. The molecule has 0 saturated carbocycles. The van der Waals surface area contributed by atoms with Crippen LogP contribution in [0.5, 0.6) is 5.75 Å². The zero-order chi connectivity index (χ0) is 15.5. The quantitative estimate of drug-likeness (QED) is 0.905. The van der Waals surface area contributed by atoms with Crippen molar-refractivity contribution >= 4 is 11.3 Å². The van der Waals surface area contributed by atoms with Gasteiger partial charge in [0.1, 0.15) is 17.4 Å². The van der Waals surface area contributed by atoms with E-state index < -0.39 is 0 Å². The summed E-state index contributed by atoms with van der Waals surface area (Å²) in [5.74, 6) is 0.852. The molecule has 1 N–H and O–H groups in total. The number of hydrogen-bond acceptors (Lipinski definition) is 4. The molecular formula is C17H23NO2S. The van der Waals surface area contributed by atoms with Crippen LogP contribution in [-0.4, -0.2) is 10.1 Å². The Morgan fingerprint density at radius 3 is 2.33 bits per heavy atom. The normalized spacial score (nSPS) is 11.7. The van der Waals surface area contributed by atoms with Crippen LogP contribution in [0.15, 0.2) is 24.3 Å². The summed E-state index contributed by atoms with van der Waals surface area (Å²) in [6.07, 6.45) is 1.03. The molecule has 0 amide bonds. The Labute approximate surface area is 130 Å². The van der Waals surface area contributed by atoms with Gasteiger partial charge in [-0.2, -0.15) is 0 Å². The van der Waals surface area contributed by atoms with Gasteiger partial charge in [-0.1, -0.05) is 39.8 Å². The van der Waals surface area contributed by atoms with E-state index in [1.165, 1.54) is 16.9 Å². The standard InChI is InChI=1S/C17H23NO2S/c1-5-12-6-8-13(9-7-12)20-11-15-18-16(17(2,3)4)14(10-19)21-15/h6-9,19H,5,10-11H2,1-4H3. The monoisotopic (exact) mass is 305 g/mol. The van der Waals surface area contributed by atoms with E-state index in [4.69, 9.17) is 4.74 Å². The molecule has 2 rings (SSSR count). The summed E-state index contributed by atoms with van der Waals surface area (Å²) in [5, 5.41) is 10.4. The highest BCUT2D eigenvalue weighted by atomic mass is 32.1. The van der Waals surface area contributed by atoms with Crippen LogP contribution in [0.1, 0.15) is 48.8 Å². The van der Waals surface area contributed by atoms with E-state index in [9.17, 15) is 5.11 Å². The van der Waals surface area contributed by atoms with Crippen molar-refractivity contribution in [1.82, 2.24) is 4.98 Å². The predicted molar refractivity (Wildman–Crippen MR) is 86.9 cm³/mol. The van der Waals surface area contributed by atoms with Crippen molar-refractivity contribution in [3.05, 3.63) is 45.4 Å². The lowest BCUT2D eigenvalue weighted by atomic mass is 9.91. The van der Waals surface area contributed by atoms with Crippen molar-refractivity contribution in [3.8, 4) is 5.75 Å². The lowest BCUT2D eigenvalue weighted by molar-refractivity contribution is 0.282. The maximum absolute atomic E-state index is 9.47. The Morgan fingerprint density at radius 1 is 1.19 bits per heavy atom. The van der Waals surface area contributed by atoms with Crippen LogP contribution in [-0.2, 0) is 25.0 Å². The van der Waals surface area contributed by atoms with Gasteiger partial charge in [-0.3, -0.25) is 0 Å². The molecule has 114 valence electrons. The van der Waals surface area contributed by atoms with Crippen LogP contribution in [0.2, 0.25) is 0 Å². The maximum Gasteiger partial charge on any atom is 0.140 e. The minimum Gasteiger partial charge on any atom is -0.486 e. The number of ether oxygens (including phenoxy) is 1. The van der Waals surface area contributed by atoms with Gasteiger partial charge < -0.3 is 9.84 Å². The second-order valence-electron chi connectivity index (χ2n) is 6.07. The molecule has 21 heavy (non-hydrogen) atoms. The molecule has 2 aromatic rings. The average Bonchev–Trinajstić information content (AvgIpc) is 2.89. The molecule has 1 aromatic carbocycles. The second-order valence-corrected chi connectivity index (χ2v) is 7.24. The molecule has 0 saturated heterocycles. The van der Waals surface area contributed by atoms with Crippen molar-refractivity contribution in [2.45, 2.75) is 52.7 Å². The first-order valence-corrected chi connectivity index (χ1v) is 8.07. The van der Waals surface area contributed by atoms with Gasteiger partial charge in [0.15, 0.2) is 0 Å². The van der Waals surface area contributed by atoms with Crippen molar-refractivity contribution < 1.29 is 9.84 Å². The molecule has 1 heterocycles. The van der Waals surface area contributed by atoms with E-state index >= 15 is 0 Å². The molecule has 0 radical (unpaired) electrons. The number of aromatic nitrogens is 1. The highest BCUT2D eigenvalue weighted by molar-refractivity contribution is 7.11. The zero-order valence-corrected chi connectivity index (χ0v) is 14.0. The molecule has 3 nitrogen and oxygen atoms in total. The van der Waals surface area contributed by atoms with E-state index in [1.807, 2.05) is 12.1 Å². The highest BCUT2D eigenvalue weighted by Gasteiger charge is 2.22. The Bertz CT molecular complexity index is 582. The number of nitrogens with zero attached hydrogens (tertiary/aromatic N) is 1. The molecule has 0 spiro atoms. The van der Waals surface area contributed by atoms with Gasteiger partial charge in [0, 0.05) is 5.41 Å². The Hall–Kier alpha value is -1.39. The number of aryl methyl sites for hydroxylation is 1. The molecule has 0 fully saturated rings.